The van der Waals surface area contributed by atoms with Crippen molar-refractivity contribution in [1.82, 2.24) is 0 Å². The Balaban J connectivity index is 1.89. The number of nitrogens with one attached hydrogen (secondary N) is 1. The molecule has 0 aliphatic carbocycles. The van der Waals surface area contributed by atoms with E-state index in [2.05, 4.69) is 5.32 Å². The van der Waals surface area contributed by atoms with Gasteiger partial charge in [-0.05, 0) is 61.2 Å². The Kier molecular flexibility index (Phi) is 4.69. The molecule has 0 saturated heterocycles. The number of carbonyl (C=O) groups excluding carboxylic acids is 1. The van der Waals surface area contributed by atoms with Crippen LogP contribution in [-0.2, 0) is 16.4 Å². The van der Waals surface area contributed by atoms with Crippen LogP contribution in [-0.4, -0.2) is 38.2 Å². The number of hydrogen-bond donors (Lipinski definition) is 2. The van der Waals surface area contributed by atoms with Gasteiger partial charge in [0.2, 0.25) is 10.0 Å². The Bertz CT molecular complexity index is 1060. The third kappa shape index (κ3) is 3.66. The van der Waals surface area contributed by atoms with E-state index in [1.807, 2.05) is 0 Å². The lowest BCUT2D eigenvalue weighted by Gasteiger charge is -2.16. The smallest absolute Gasteiger partial charge is 0.336 e. The van der Waals surface area contributed by atoms with E-state index in [-0.39, 0.29) is 11.5 Å². The van der Waals surface area contributed by atoms with Crippen molar-refractivity contribution < 1.29 is 23.1 Å². The molecule has 1 heterocycles. The van der Waals surface area contributed by atoms with Crippen LogP contribution in [0.1, 0.15) is 37.4 Å². The molecule has 2 aromatic carbocycles. The van der Waals surface area contributed by atoms with Crippen LogP contribution in [0.15, 0.2) is 30.3 Å². The first kappa shape index (κ1) is 18.9. The summed E-state index contributed by atoms with van der Waals surface area (Å²) >= 11 is 0. The fraction of sp³-hybridized carbons (Fsp3) is 0.263. The van der Waals surface area contributed by atoms with E-state index in [0.29, 0.717) is 35.5 Å². The SMILES string of the molecule is Cc1cc(C)c(C(=O)O)cc1NC(=O)c1ccc2c(c1)CCN2S(C)(=O)=O. The summed E-state index contributed by atoms with van der Waals surface area (Å²) in [4.78, 5) is 23.9. The van der Waals surface area contributed by atoms with Crippen molar-refractivity contribution in [2.24, 2.45) is 0 Å². The van der Waals surface area contributed by atoms with Crippen LogP contribution in [0.25, 0.3) is 0 Å². The predicted octanol–water partition coefficient (Wildman–Crippen LogP) is 2.58. The molecule has 2 aromatic rings. The van der Waals surface area contributed by atoms with E-state index in [0.717, 1.165) is 17.4 Å². The highest BCUT2D eigenvalue weighted by Crippen LogP contribution is 2.31. The number of carboxylic acids is 1. The molecule has 8 heteroatoms. The molecule has 0 atom stereocenters. The first-order valence-corrected chi connectivity index (χ1v) is 10.2. The Morgan fingerprint density at radius 3 is 2.44 bits per heavy atom. The molecule has 0 bridgehead atoms. The molecule has 0 unspecified atom stereocenters. The summed E-state index contributed by atoms with van der Waals surface area (Å²) in [5.74, 6) is -1.43. The van der Waals surface area contributed by atoms with Gasteiger partial charge in [-0.3, -0.25) is 9.10 Å². The van der Waals surface area contributed by atoms with Gasteiger partial charge in [-0.1, -0.05) is 6.07 Å². The van der Waals surface area contributed by atoms with Gasteiger partial charge in [0.25, 0.3) is 5.91 Å². The van der Waals surface area contributed by atoms with Crippen LogP contribution in [0, 0.1) is 13.8 Å². The molecule has 142 valence electrons. The lowest BCUT2D eigenvalue weighted by atomic mass is 10.0. The van der Waals surface area contributed by atoms with Gasteiger partial charge in [0, 0.05) is 17.8 Å². The minimum absolute atomic E-state index is 0.133. The molecule has 1 aliphatic heterocycles. The first-order chi connectivity index (χ1) is 12.6. The number of carboxylic acid groups (broad SMARTS) is 1. The maximum absolute atomic E-state index is 12.6. The van der Waals surface area contributed by atoms with Crippen molar-refractivity contribution in [2.45, 2.75) is 20.3 Å². The molecule has 0 spiro atoms. The summed E-state index contributed by atoms with van der Waals surface area (Å²) in [6.45, 7) is 3.86. The van der Waals surface area contributed by atoms with Crippen molar-refractivity contribution in [3.8, 4) is 0 Å². The van der Waals surface area contributed by atoms with E-state index in [1.165, 1.54) is 10.4 Å². The summed E-state index contributed by atoms with van der Waals surface area (Å²) in [5, 5.41) is 12.0. The second-order valence-corrected chi connectivity index (χ2v) is 8.58. The molecule has 0 saturated carbocycles. The van der Waals surface area contributed by atoms with Crippen molar-refractivity contribution in [3.63, 3.8) is 0 Å². The lowest BCUT2D eigenvalue weighted by Crippen LogP contribution is -2.27. The van der Waals surface area contributed by atoms with Gasteiger partial charge in [-0.15, -0.1) is 0 Å². The minimum Gasteiger partial charge on any atom is -0.478 e. The number of carbonyl (C=O) groups is 2. The zero-order valence-corrected chi connectivity index (χ0v) is 16.1. The monoisotopic (exact) mass is 388 g/mol. The van der Waals surface area contributed by atoms with E-state index < -0.39 is 16.0 Å². The van der Waals surface area contributed by atoms with Gasteiger partial charge in [0.15, 0.2) is 0 Å². The molecule has 0 aromatic heterocycles. The van der Waals surface area contributed by atoms with Crippen molar-refractivity contribution in [2.75, 3.05) is 22.4 Å². The van der Waals surface area contributed by atoms with Crippen molar-refractivity contribution >= 4 is 33.3 Å². The molecule has 7 nitrogen and oxygen atoms in total. The molecule has 0 radical (unpaired) electrons. The Labute approximate surface area is 157 Å². The topological polar surface area (TPSA) is 104 Å². The number of rotatable bonds is 4. The largest absolute Gasteiger partial charge is 0.478 e. The van der Waals surface area contributed by atoms with Gasteiger partial charge in [-0.2, -0.15) is 0 Å². The van der Waals surface area contributed by atoms with Crippen molar-refractivity contribution in [3.05, 3.63) is 58.1 Å². The molecule has 27 heavy (non-hydrogen) atoms. The fourth-order valence-corrected chi connectivity index (χ4v) is 4.23. The number of fused-ring (bicyclic) bond motifs is 1. The number of sulfonamides is 1. The van der Waals surface area contributed by atoms with Crippen LogP contribution >= 0.6 is 0 Å². The highest BCUT2D eigenvalue weighted by atomic mass is 32.2. The van der Waals surface area contributed by atoms with Gasteiger partial charge >= 0.3 is 5.97 Å². The van der Waals surface area contributed by atoms with Gasteiger partial charge < -0.3 is 10.4 Å². The molecule has 1 aliphatic rings. The second kappa shape index (κ2) is 6.70. The maximum atomic E-state index is 12.6. The quantitative estimate of drug-likeness (QED) is 0.838. The highest BCUT2D eigenvalue weighted by Gasteiger charge is 2.26. The fourth-order valence-electron chi connectivity index (χ4n) is 3.27. The Hall–Kier alpha value is -2.87. The summed E-state index contributed by atoms with van der Waals surface area (Å²) in [5.41, 5.74) is 3.72. The van der Waals surface area contributed by atoms with Crippen LogP contribution < -0.4 is 9.62 Å². The maximum Gasteiger partial charge on any atom is 0.336 e. The normalized spacial score (nSPS) is 13.4. The zero-order valence-electron chi connectivity index (χ0n) is 15.2. The average Bonchev–Trinajstić information content (AvgIpc) is 3.00. The summed E-state index contributed by atoms with van der Waals surface area (Å²) < 4.78 is 24.9. The number of hydrogen-bond acceptors (Lipinski definition) is 4. The summed E-state index contributed by atoms with van der Waals surface area (Å²) in [6.07, 6.45) is 1.69. The number of nitrogens with zero attached hydrogens (tertiary/aromatic N) is 1. The Morgan fingerprint density at radius 2 is 1.81 bits per heavy atom. The van der Waals surface area contributed by atoms with E-state index >= 15 is 0 Å². The molecular weight excluding hydrogens is 368 g/mol. The third-order valence-corrected chi connectivity index (χ3v) is 5.82. The second-order valence-electron chi connectivity index (χ2n) is 6.67. The predicted molar refractivity (Wildman–Crippen MR) is 103 cm³/mol. The third-order valence-electron chi connectivity index (χ3n) is 4.64. The van der Waals surface area contributed by atoms with Crippen LogP contribution in [0.2, 0.25) is 0 Å². The first-order valence-electron chi connectivity index (χ1n) is 8.34. The molecule has 0 fully saturated rings. The lowest BCUT2D eigenvalue weighted by molar-refractivity contribution is 0.0695. The van der Waals surface area contributed by atoms with Gasteiger partial charge in [0.05, 0.1) is 17.5 Å². The average molecular weight is 388 g/mol. The number of benzene rings is 2. The van der Waals surface area contributed by atoms with Crippen molar-refractivity contribution in [1.29, 1.82) is 0 Å². The number of anilines is 2. The van der Waals surface area contributed by atoms with Crippen LogP contribution in [0.4, 0.5) is 11.4 Å². The number of aryl methyl sites for hydroxylation is 2. The van der Waals surface area contributed by atoms with E-state index in [1.54, 1.807) is 38.1 Å². The zero-order chi connectivity index (χ0) is 19.9. The molecular formula is C19H20N2O5S. The summed E-state index contributed by atoms with van der Waals surface area (Å²) in [7, 11) is -3.34. The van der Waals surface area contributed by atoms with Crippen LogP contribution in [0.3, 0.4) is 0 Å². The van der Waals surface area contributed by atoms with Crippen LogP contribution in [0.5, 0.6) is 0 Å². The molecule has 3 rings (SSSR count). The minimum atomic E-state index is -3.34. The van der Waals surface area contributed by atoms with E-state index in [9.17, 15) is 23.1 Å². The number of aromatic carboxylic acids is 1. The highest BCUT2D eigenvalue weighted by molar-refractivity contribution is 7.92. The molecule has 2 N–H and O–H groups in total. The van der Waals surface area contributed by atoms with Gasteiger partial charge in [0.1, 0.15) is 0 Å². The Morgan fingerprint density at radius 1 is 1.11 bits per heavy atom. The molecule has 1 amide bonds. The van der Waals surface area contributed by atoms with E-state index in [4.69, 9.17) is 0 Å². The number of amides is 1. The van der Waals surface area contributed by atoms with Gasteiger partial charge in [-0.25, -0.2) is 13.2 Å². The summed E-state index contributed by atoms with van der Waals surface area (Å²) in [6, 6.07) is 8.04. The standard InChI is InChI=1S/C19H20N2O5S/c1-11-8-12(2)16(10-15(11)19(23)24)20-18(22)14-4-5-17-13(9-14)6-7-21(17)27(3,25)26/h4-5,8-10H,6-7H2,1-3H3,(H,20,22)(H,23,24).